The van der Waals surface area contributed by atoms with Crippen LogP contribution in [0.1, 0.15) is 45.7 Å². The van der Waals surface area contributed by atoms with E-state index >= 15 is 0 Å². The van der Waals surface area contributed by atoms with E-state index in [1.54, 1.807) is 30.3 Å². The predicted molar refractivity (Wildman–Crippen MR) is 185 cm³/mol. The van der Waals surface area contributed by atoms with E-state index in [1.807, 2.05) is 60.9 Å². The number of nitrogens with one attached hydrogen (secondary N) is 2. The standard InChI is InChI=1S/C37H40N6O4/c1-37(2,3)33-23-34(43(41-33)27-14-17-35(45-4)38-24-27)40-36(44)39-31-15-16-32(30-13-9-8-12-29(30)31)47-21-19-42-18-20-46-28(25-42)22-26-10-6-5-7-11-26/h5-6,8-10,12-18,20,23-25H,7,11,19,21-22H2,1-4H3,(H2,39,40,44). The molecule has 242 valence electrons. The van der Waals surface area contributed by atoms with Crippen molar-refractivity contribution in [2.24, 2.45) is 0 Å². The van der Waals surface area contributed by atoms with Gasteiger partial charge in [-0.25, -0.2) is 14.5 Å². The van der Waals surface area contributed by atoms with Gasteiger partial charge in [0.1, 0.15) is 30.2 Å². The zero-order chi connectivity index (χ0) is 32.8. The number of aromatic nitrogens is 3. The van der Waals surface area contributed by atoms with Crippen molar-refractivity contribution >= 4 is 28.3 Å². The molecule has 6 rings (SSSR count). The van der Waals surface area contributed by atoms with Crippen LogP contribution in [0, 0.1) is 0 Å². The number of carbonyl (C=O) groups excluding carboxylic acids is 1. The third kappa shape index (κ3) is 7.66. The number of anilines is 2. The molecule has 0 bridgehead atoms. The molecular weight excluding hydrogens is 592 g/mol. The Morgan fingerprint density at radius 3 is 2.66 bits per heavy atom. The van der Waals surface area contributed by atoms with Crippen molar-refractivity contribution in [3.05, 3.63) is 115 Å². The van der Waals surface area contributed by atoms with Crippen LogP contribution in [0.3, 0.4) is 0 Å². The molecule has 0 spiro atoms. The lowest BCUT2D eigenvalue weighted by Gasteiger charge is -2.22. The topological polar surface area (TPSA) is 103 Å². The molecule has 1 aliphatic heterocycles. The Kier molecular flexibility index (Phi) is 9.28. The second kappa shape index (κ2) is 13.9. The summed E-state index contributed by atoms with van der Waals surface area (Å²) >= 11 is 0. The molecule has 1 aliphatic carbocycles. The molecule has 0 atom stereocenters. The van der Waals surface area contributed by atoms with Gasteiger partial charge in [0.05, 0.1) is 36.9 Å². The lowest BCUT2D eigenvalue weighted by molar-refractivity contribution is 0.254. The highest BCUT2D eigenvalue weighted by Crippen LogP contribution is 2.32. The van der Waals surface area contributed by atoms with E-state index in [-0.39, 0.29) is 5.41 Å². The van der Waals surface area contributed by atoms with Crippen molar-refractivity contribution < 1.29 is 19.0 Å². The first-order valence-electron chi connectivity index (χ1n) is 15.7. The van der Waals surface area contributed by atoms with Gasteiger partial charge < -0.3 is 24.4 Å². The summed E-state index contributed by atoms with van der Waals surface area (Å²) in [6.07, 6.45) is 16.7. The highest BCUT2D eigenvalue weighted by atomic mass is 16.5. The molecule has 2 N–H and O–H groups in total. The van der Waals surface area contributed by atoms with Crippen LogP contribution in [-0.4, -0.2) is 46.0 Å². The molecule has 0 unspecified atom stereocenters. The first-order valence-corrected chi connectivity index (χ1v) is 15.7. The average molecular weight is 633 g/mol. The number of hydrogen-bond donors (Lipinski definition) is 2. The predicted octanol–water partition coefficient (Wildman–Crippen LogP) is 8.06. The van der Waals surface area contributed by atoms with Gasteiger partial charge in [-0.15, -0.1) is 0 Å². The fourth-order valence-electron chi connectivity index (χ4n) is 5.39. The molecule has 4 aromatic rings. The lowest BCUT2D eigenvalue weighted by Crippen LogP contribution is -2.22. The molecular formula is C37H40N6O4. The first-order chi connectivity index (χ1) is 22.8. The molecule has 47 heavy (non-hydrogen) atoms. The zero-order valence-corrected chi connectivity index (χ0v) is 27.2. The number of benzene rings is 2. The summed E-state index contributed by atoms with van der Waals surface area (Å²) in [5.41, 5.74) is 3.32. The second-order valence-corrected chi connectivity index (χ2v) is 12.4. The smallest absolute Gasteiger partial charge is 0.324 e. The third-order valence-electron chi connectivity index (χ3n) is 7.92. The minimum atomic E-state index is -0.395. The summed E-state index contributed by atoms with van der Waals surface area (Å²) in [5, 5.41) is 12.6. The second-order valence-electron chi connectivity index (χ2n) is 12.4. The number of ether oxygens (including phenoxy) is 3. The maximum atomic E-state index is 13.4. The van der Waals surface area contributed by atoms with Crippen LogP contribution < -0.4 is 20.1 Å². The van der Waals surface area contributed by atoms with Crippen molar-refractivity contribution in [1.82, 2.24) is 19.7 Å². The number of methoxy groups -OCH3 is 1. The highest BCUT2D eigenvalue weighted by molar-refractivity contribution is 6.07. The molecule has 2 aromatic carbocycles. The number of hydrogen-bond acceptors (Lipinski definition) is 7. The van der Waals surface area contributed by atoms with E-state index in [2.05, 4.69) is 59.5 Å². The van der Waals surface area contributed by atoms with Crippen LogP contribution in [-0.2, 0) is 10.2 Å². The molecule has 10 nitrogen and oxygen atoms in total. The maximum absolute atomic E-state index is 13.4. The number of allylic oxidation sites excluding steroid dienone is 4. The van der Waals surface area contributed by atoms with E-state index < -0.39 is 6.03 Å². The fourth-order valence-corrected chi connectivity index (χ4v) is 5.39. The Hall–Kier alpha value is -5.51. The molecule has 2 aromatic heterocycles. The molecule has 10 heteroatoms. The van der Waals surface area contributed by atoms with Gasteiger partial charge in [0, 0.05) is 47.1 Å². The van der Waals surface area contributed by atoms with E-state index in [1.165, 1.54) is 5.57 Å². The summed E-state index contributed by atoms with van der Waals surface area (Å²) in [6.45, 7) is 7.35. The quantitative estimate of drug-likeness (QED) is 0.182. The molecule has 3 heterocycles. The summed E-state index contributed by atoms with van der Waals surface area (Å²) in [5.74, 6) is 2.68. The van der Waals surface area contributed by atoms with Crippen LogP contribution in [0.25, 0.3) is 16.5 Å². The third-order valence-corrected chi connectivity index (χ3v) is 7.92. The van der Waals surface area contributed by atoms with Crippen LogP contribution in [0.4, 0.5) is 16.3 Å². The molecule has 2 amide bonds. The molecule has 0 fully saturated rings. The van der Waals surface area contributed by atoms with Crippen molar-refractivity contribution in [3.63, 3.8) is 0 Å². The summed E-state index contributed by atoms with van der Waals surface area (Å²) in [4.78, 5) is 19.8. The largest absolute Gasteiger partial charge is 0.491 e. The van der Waals surface area contributed by atoms with Crippen LogP contribution in [0.15, 0.2) is 109 Å². The minimum Gasteiger partial charge on any atom is -0.491 e. The fraction of sp³-hybridized carbons (Fsp3) is 0.270. The number of amides is 2. The molecule has 2 aliphatic rings. The van der Waals surface area contributed by atoms with Crippen LogP contribution in [0.5, 0.6) is 11.6 Å². The summed E-state index contributed by atoms with van der Waals surface area (Å²) in [7, 11) is 1.57. The summed E-state index contributed by atoms with van der Waals surface area (Å²) < 4.78 is 18.9. The number of urea groups is 1. The number of nitrogens with zero attached hydrogens (tertiary/aromatic N) is 4. The van der Waals surface area contributed by atoms with Gasteiger partial charge in [0.2, 0.25) is 5.88 Å². The van der Waals surface area contributed by atoms with Gasteiger partial charge in [-0.05, 0) is 31.0 Å². The van der Waals surface area contributed by atoms with E-state index in [0.717, 1.165) is 47.2 Å². The Bertz CT molecular complexity index is 1860. The van der Waals surface area contributed by atoms with Crippen LogP contribution >= 0.6 is 0 Å². The number of fused-ring (bicyclic) bond motifs is 1. The van der Waals surface area contributed by atoms with Crippen LogP contribution in [0.2, 0.25) is 0 Å². The Balaban J connectivity index is 1.13. The number of pyridine rings is 1. The van der Waals surface area contributed by atoms with Crippen molar-refractivity contribution in [2.75, 3.05) is 30.9 Å². The maximum Gasteiger partial charge on any atom is 0.324 e. The Labute approximate surface area is 275 Å². The molecule has 0 saturated carbocycles. The van der Waals surface area contributed by atoms with Crippen molar-refractivity contribution in [2.45, 2.75) is 45.4 Å². The van der Waals surface area contributed by atoms with Crippen molar-refractivity contribution in [1.29, 1.82) is 0 Å². The van der Waals surface area contributed by atoms with E-state index in [4.69, 9.17) is 19.3 Å². The Morgan fingerprint density at radius 1 is 1.06 bits per heavy atom. The van der Waals surface area contributed by atoms with Gasteiger partial charge >= 0.3 is 6.03 Å². The number of carbonyl (C=O) groups is 1. The monoisotopic (exact) mass is 632 g/mol. The lowest BCUT2D eigenvalue weighted by atomic mass is 9.92. The molecule has 0 saturated heterocycles. The summed E-state index contributed by atoms with van der Waals surface area (Å²) in [6, 6.07) is 16.7. The van der Waals surface area contributed by atoms with Gasteiger partial charge in [-0.3, -0.25) is 5.32 Å². The zero-order valence-electron chi connectivity index (χ0n) is 27.2. The van der Waals surface area contributed by atoms with Gasteiger partial charge in [-0.1, -0.05) is 68.8 Å². The average Bonchev–Trinajstić information content (AvgIpc) is 3.51. The SMILES string of the molecule is COc1ccc(-n2nc(C(C)(C)C)cc2NC(=O)Nc2ccc(OCCN3C=COC(CC4=CC=CCC4)=C3)c3ccccc23)cn1. The first kappa shape index (κ1) is 31.5. The van der Waals surface area contributed by atoms with Gasteiger partial charge in [0.15, 0.2) is 0 Å². The van der Waals surface area contributed by atoms with E-state index in [0.29, 0.717) is 36.2 Å². The highest BCUT2D eigenvalue weighted by Gasteiger charge is 2.22. The number of rotatable bonds is 10. The normalized spacial score (nSPS) is 14.3. The molecule has 0 radical (unpaired) electrons. The van der Waals surface area contributed by atoms with Gasteiger partial charge in [0.25, 0.3) is 0 Å². The minimum absolute atomic E-state index is 0.231. The Morgan fingerprint density at radius 2 is 1.91 bits per heavy atom. The van der Waals surface area contributed by atoms with Gasteiger partial charge in [-0.2, -0.15) is 5.10 Å². The van der Waals surface area contributed by atoms with Crippen molar-refractivity contribution in [3.8, 4) is 17.3 Å². The van der Waals surface area contributed by atoms with E-state index in [9.17, 15) is 4.79 Å².